The molecule has 3 aromatic rings. The highest BCUT2D eigenvalue weighted by atomic mass is 35.5. The van der Waals surface area contributed by atoms with E-state index in [4.69, 9.17) is 21.1 Å². The molecule has 2 heterocycles. The van der Waals surface area contributed by atoms with Gasteiger partial charge in [-0.2, -0.15) is 0 Å². The number of carbonyl (C=O) groups is 2. The zero-order valence-electron chi connectivity index (χ0n) is 18.8. The van der Waals surface area contributed by atoms with Crippen LogP contribution in [-0.2, 0) is 11.3 Å². The lowest BCUT2D eigenvalue weighted by Gasteiger charge is -2.13. The quantitative estimate of drug-likeness (QED) is 0.258. The van der Waals surface area contributed by atoms with E-state index in [1.807, 2.05) is 19.1 Å². The second-order valence-electron chi connectivity index (χ2n) is 7.96. The fourth-order valence-electron chi connectivity index (χ4n) is 3.71. The number of H-pyrrole nitrogens is 1. The summed E-state index contributed by atoms with van der Waals surface area (Å²) in [6.07, 6.45) is 2.06. The van der Waals surface area contributed by atoms with Crippen molar-refractivity contribution in [1.29, 1.82) is 0 Å². The Kier molecular flexibility index (Phi) is 6.81. The predicted octanol–water partition coefficient (Wildman–Crippen LogP) is 4.94. The van der Waals surface area contributed by atoms with Crippen molar-refractivity contribution in [2.75, 3.05) is 7.11 Å². The topological polar surface area (TPSA) is 99.1 Å². The van der Waals surface area contributed by atoms with Gasteiger partial charge in [0.05, 0.1) is 28.6 Å². The van der Waals surface area contributed by atoms with Crippen LogP contribution in [0.3, 0.4) is 0 Å². The summed E-state index contributed by atoms with van der Waals surface area (Å²) in [6, 6.07) is 7.58. The van der Waals surface area contributed by atoms with Gasteiger partial charge in [-0.05, 0) is 51.3 Å². The summed E-state index contributed by atoms with van der Waals surface area (Å²) in [7, 11) is 1.33. The lowest BCUT2D eigenvalue weighted by Crippen LogP contribution is -2.17. The van der Waals surface area contributed by atoms with Gasteiger partial charge >= 0.3 is 5.97 Å². The van der Waals surface area contributed by atoms with Crippen molar-refractivity contribution < 1.29 is 19.1 Å². The first-order chi connectivity index (χ1) is 15.8. The van der Waals surface area contributed by atoms with Crippen molar-refractivity contribution >= 4 is 35.1 Å². The van der Waals surface area contributed by atoms with Crippen LogP contribution in [0.15, 0.2) is 29.4 Å². The maximum Gasteiger partial charge on any atom is 0.339 e. The summed E-state index contributed by atoms with van der Waals surface area (Å²) >= 11 is 7.53. The van der Waals surface area contributed by atoms with Crippen molar-refractivity contribution in [2.45, 2.75) is 56.7 Å². The van der Waals surface area contributed by atoms with Gasteiger partial charge < -0.3 is 14.5 Å². The molecule has 1 atom stereocenters. The predicted molar refractivity (Wildman–Crippen MR) is 125 cm³/mol. The first kappa shape index (κ1) is 23.4. The monoisotopic (exact) mass is 488 g/mol. The normalized spacial score (nSPS) is 14.2. The van der Waals surface area contributed by atoms with Crippen LogP contribution < -0.4 is 4.74 Å². The minimum atomic E-state index is -0.461. The lowest BCUT2D eigenvalue weighted by atomic mass is 10.1. The molecule has 10 heteroatoms. The summed E-state index contributed by atoms with van der Waals surface area (Å²) in [6.45, 7) is 5.56. The van der Waals surface area contributed by atoms with Crippen LogP contribution in [0.4, 0.5) is 0 Å². The van der Waals surface area contributed by atoms with Crippen molar-refractivity contribution in [1.82, 2.24) is 19.7 Å². The number of nitrogens with one attached hydrogen (secondary N) is 1. The zero-order chi connectivity index (χ0) is 23.7. The molecular weight excluding hydrogens is 464 g/mol. The molecule has 0 unspecified atom stereocenters. The zero-order valence-corrected chi connectivity index (χ0v) is 20.4. The third-order valence-corrected chi connectivity index (χ3v) is 6.93. The number of nitrogens with zero attached hydrogens (tertiary/aromatic N) is 3. The van der Waals surface area contributed by atoms with E-state index in [9.17, 15) is 9.59 Å². The summed E-state index contributed by atoms with van der Waals surface area (Å²) in [4.78, 5) is 28.3. The SMILES string of the molecule is COC(=O)c1c(C)[nH]c(C(=O)[C@@H](C)Sc2nnc(COc3ccccc3Cl)n2C2CC2)c1C. The van der Waals surface area contributed by atoms with Crippen molar-refractivity contribution in [2.24, 2.45) is 0 Å². The Morgan fingerprint density at radius 2 is 2.00 bits per heavy atom. The number of rotatable bonds is 9. The van der Waals surface area contributed by atoms with E-state index < -0.39 is 11.2 Å². The van der Waals surface area contributed by atoms with E-state index >= 15 is 0 Å². The van der Waals surface area contributed by atoms with Crippen LogP contribution in [0.5, 0.6) is 5.75 Å². The van der Waals surface area contributed by atoms with Gasteiger partial charge in [0.15, 0.2) is 16.8 Å². The van der Waals surface area contributed by atoms with Gasteiger partial charge in [-0.3, -0.25) is 9.36 Å². The largest absolute Gasteiger partial charge is 0.484 e. The number of benzene rings is 1. The molecule has 1 saturated carbocycles. The summed E-state index contributed by atoms with van der Waals surface area (Å²) < 4.78 is 12.8. The molecule has 0 amide bonds. The number of para-hydroxylation sites is 1. The molecule has 1 aromatic carbocycles. The van der Waals surface area contributed by atoms with Crippen LogP contribution in [0.1, 0.15) is 63.7 Å². The van der Waals surface area contributed by atoms with Crippen molar-refractivity contribution in [3.05, 3.63) is 57.6 Å². The number of aromatic nitrogens is 4. The maximum atomic E-state index is 13.2. The maximum absolute atomic E-state index is 13.2. The molecule has 0 saturated heterocycles. The summed E-state index contributed by atoms with van der Waals surface area (Å²) in [5.74, 6) is 0.702. The number of aryl methyl sites for hydroxylation is 1. The number of ketones is 1. The summed E-state index contributed by atoms with van der Waals surface area (Å²) in [5, 5.41) is 9.43. The Bertz CT molecular complexity index is 1200. The van der Waals surface area contributed by atoms with Crippen molar-refractivity contribution in [3.63, 3.8) is 0 Å². The van der Waals surface area contributed by atoms with Gasteiger partial charge in [0, 0.05) is 11.7 Å². The molecule has 174 valence electrons. The average molecular weight is 489 g/mol. The molecule has 2 aromatic heterocycles. The average Bonchev–Trinajstić information content (AvgIpc) is 3.49. The number of esters is 1. The van der Waals surface area contributed by atoms with E-state index in [2.05, 4.69) is 19.7 Å². The number of carbonyl (C=O) groups excluding carboxylic acids is 2. The van der Waals surface area contributed by atoms with E-state index in [0.29, 0.717) is 50.3 Å². The highest BCUT2D eigenvalue weighted by Crippen LogP contribution is 2.40. The number of thioether (sulfide) groups is 1. The highest BCUT2D eigenvalue weighted by Gasteiger charge is 2.32. The van der Waals surface area contributed by atoms with Crippen LogP contribution in [0, 0.1) is 13.8 Å². The number of methoxy groups -OCH3 is 1. The van der Waals surface area contributed by atoms with Crippen LogP contribution in [0.2, 0.25) is 5.02 Å². The number of hydrogen-bond donors (Lipinski definition) is 1. The fourth-order valence-corrected chi connectivity index (χ4v) is 4.90. The first-order valence-electron chi connectivity index (χ1n) is 10.6. The number of hydrogen-bond acceptors (Lipinski definition) is 7. The van der Waals surface area contributed by atoms with Gasteiger partial charge in [-0.1, -0.05) is 35.5 Å². The van der Waals surface area contributed by atoms with E-state index in [-0.39, 0.29) is 12.4 Å². The number of ether oxygens (including phenoxy) is 2. The number of aromatic amines is 1. The molecular formula is C23H25ClN4O4S. The first-order valence-corrected chi connectivity index (χ1v) is 11.9. The Morgan fingerprint density at radius 3 is 2.67 bits per heavy atom. The molecule has 0 radical (unpaired) electrons. The summed E-state index contributed by atoms with van der Waals surface area (Å²) in [5.41, 5.74) is 2.01. The minimum Gasteiger partial charge on any atom is -0.484 e. The molecule has 1 aliphatic rings. The van der Waals surface area contributed by atoms with Gasteiger partial charge in [-0.15, -0.1) is 10.2 Å². The minimum absolute atomic E-state index is 0.116. The van der Waals surface area contributed by atoms with Crippen LogP contribution in [-0.4, -0.2) is 43.9 Å². The molecule has 33 heavy (non-hydrogen) atoms. The Balaban J connectivity index is 1.52. The van der Waals surface area contributed by atoms with Gasteiger partial charge in [0.1, 0.15) is 12.4 Å². The Hall–Kier alpha value is -2.78. The van der Waals surface area contributed by atoms with E-state index in [1.165, 1.54) is 18.9 Å². The lowest BCUT2D eigenvalue weighted by molar-refractivity contribution is 0.0599. The molecule has 4 rings (SSSR count). The van der Waals surface area contributed by atoms with E-state index in [1.54, 1.807) is 26.0 Å². The number of halogens is 1. The standard InChI is InChI=1S/C23H25ClN4O4S/c1-12-19(22(30)31-4)13(2)25-20(12)21(29)14(3)33-23-27-26-18(28(23)15-9-10-15)11-32-17-8-6-5-7-16(17)24/h5-8,14-15,25H,9-11H2,1-4H3/t14-/m1/s1. The van der Waals surface area contributed by atoms with Crippen molar-refractivity contribution in [3.8, 4) is 5.75 Å². The Morgan fingerprint density at radius 1 is 1.27 bits per heavy atom. The molecule has 0 aliphatic heterocycles. The fraction of sp³-hybridized carbons (Fsp3) is 0.391. The van der Waals surface area contributed by atoms with Gasteiger partial charge in [0.2, 0.25) is 0 Å². The second-order valence-corrected chi connectivity index (χ2v) is 9.68. The second kappa shape index (κ2) is 9.61. The Labute approximate surface area is 201 Å². The molecule has 1 aliphatic carbocycles. The van der Waals surface area contributed by atoms with Gasteiger partial charge in [0.25, 0.3) is 0 Å². The molecule has 1 fully saturated rings. The molecule has 0 bridgehead atoms. The molecule has 0 spiro atoms. The highest BCUT2D eigenvalue weighted by molar-refractivity contribution is 8.00. The number of Topliss-reactive ketones (excluding diaryl/α,β-unsaturated/α-hetero) is 1. The van der Waals surface area contributed by atoms with Gasteiger partial charge in [-0.25, -0.2) is 4.79 Å². The van der Waals surface area contributed by atoms with E-state index in [0.717, 1.165) is 12.8 Å². The molecule has 1 N–H and O–H groups in total. The van der Waals surface area contributed by atoms with Crippen LogP contribution >= 0.6 is 23.4 Å². The third-order valence-electron chi connectivity index (χ3n) is 5.57. The molecule has 8 nitrogen and oxygen atoms in total. The third kappa shape index (κ3) is 4.79. The smallest absolute Gasteiger partial charge is 0.339 e. The van der Waals surface area contributed by atoms with Crippen LogP contribution in [0.25, 0.3) is 0 Å².